The lowest BCUT2D eigenvalue weighted by Crippen LogP contribution is -2.25. The Kier molecular flexibility index (Phi) is 2.88. The molecule has 0 saturated heterocycles. The lowest BCUT2D eigenvalue weighted by atomic mass is 10.3. The van der Waals surface area contributed by atoms with Crippen molar-refractivity contribution in [1.29, 1.82) is 0 Å². The third-order valence-electron chi connectivity index (χ3n) is 0.781. The number of rotatable bonds is 2. The summed E-state index contributed by atoms with van der Waals surface area (Å²) in [5, 5.41) is 18.0. The Bertz CT molecular complexity index is 115. The topological polar surface area (TPSA) is 60.4 Å². The van der Waals surface area contributed by atoms with Gasteiger partial charge in [-0.25, -0.2) is 0 Å². The molecule has 0 heterocycles. The molecule has 0 aromatic carbocycles. The Morgan fingerprint density at radius 2 is 2.38 bits per heavy atom. The summed E-state index contributed by atoms with van der Waals surface area (Å²) in [5.74, 6) is -1.31. The summed E-state index contributed by atoms with van der Waals surface area (Å²) in [6, 6.07) is 0. The van der Waals surface area contributed by atoms with E-state index >= 15 is 0 Å². The maximum absolute atomic E-state index is 9.82. The van der Waals surface area contributed by atoms with Crippen molar-refractivity contribution in [2.45, 2.75) is 6.92 Å². The van der Waals surface area contributed by atoms with Crippen LogP contribution in [0, 0.1) is 0 Å². The molecule has 3 heteroatoms. The predicted octanol–water partition coefficient (Wildman–Crippen LogP) is -1.33. The number of carboxylic acid groups (broad SMARTS) is 1. The minimum absolute atomic E-state index is 0.0787. The number of hydrogen-bond acceptors (Lipinski definition) is 3. The molecular weight excluding hydrogens is 108 g/mol. The van der Waals surface area contributed by atoms with Gasteiger partial charge in [0.25, 0.3) is 0 Å². The standard InChI is InChI=1S/C5H8O3/c1-2-4(3-6)5(7)8/h2,6H,3H2,1H3,(H,7,8)/p-1/b4-2+. The SMILES string of the molecule is C/C=C(\CO)C(=O)[O-]. The fraction of sp³-hybridized carbons (Fsp3) is 0.400. The van der Waals surface area contributed by atoms with Gasteiger partial charge in [0.2, 0.25) is 0 Å². The van der Waals surface area contributed by atoms with Crippen LogP contribution < -0.4 is 5.11 Å². The van der Waals surface area contributed by atoms with Crippen LogP contribution in [0.5, 0.6) is 0 Å². The molecule has 0 aliphatic rings. The first-order valence-corrected chi connectivity index (χ1v) is 2.19. The highest BCUT2D eigenvalue weighted by Crippen LogP contribution is 1.86. The number of carboxylic acids is 1. The van der Waals surface area contributed by atoms with Gasteiger partial charge in [-0.1, -0.05) is 6.08 Å². The maximum Gasteiger partial charge on any atom is 0.0696 e. The van der Waals surface area contributed by atoms with Gasteiger partial charge >= 0.3 is 0 Å². The van der Waals surface area contributed by atoms with Crippen LogP contribution in [0.1, 0.15) is 6.92 Å². The number of aliphatic hydroxyl groups excluding tert-OH is 1. The molecule has 0 aliphatic heterocycles. The van der Waals surface area contributed by atoms with Gasteiger partial charge in [0.05, 0.1) is 12.6 Å². The van der Waals surface area contributed by atoms with Gasteiger partial charge in [-0.2, -0.15) is 0 Å². The van der Waals surface area contributed by atoms with E-state index in [4.69, 9.17) is 5.11 Å². The van der Waals surface area contributed by atoms with Crippen molar-refractivity contribution in [2.75, 3.05) is 6.61 Å². The Morgan fingerprint density at radius 3 is 2.38 bits per heavy atom. The molecule has 0 aromatic rings. The summed E-state index contributed by atoms with van der Waals surface area (Å²) in [5.41, 5.74) is -0.0787. The molecule has 0 radical (unpaired) electrons. The molecule has 8 heavy (non-hydrogen) atoms. The van der Waals surface area contributed by atoms with Gasteiger partial charge < -0.3 is 15.0 Å². The van der Waals surface area contributed by atoms with Crippen molar-refractivity contribution in [3.8, 4) is 0 Å². The van der Waals surface area contributed by atoms with E-state index in [2.05, 4.69) is 0 Å². The molecule has 0 amide bonds. The van der Waals surface area contributed by atoms with Gasteiger partial charge in [-0.3, -0.25) is 0 Å². The van der Waals surface area contributed by atoms with E-state index in [-0.39, 0.29) is 5.57 Å². The van der Waals surface area contributed by atoms with E-state index in [1.165, 1.54) is 13.0 Å². The fourth-order valence-corrected chi connectivity index (χ4v) is 0.274. The van der Waals surface area contributed by atoms with Crippen LogP contribution in [-0.4, -0.2) is 17.7 Å². The van der Waals surface area contributed by atoms with Crippen LogP contribution in [0.4, 0.5) is 0 Å². The van der Waals surface area contributed by atoms with E-state index in [0.29, 0.717) is 0 Å². The first kappa shape index (κ1) is 7.17. The Labute approximate surface area is 47.3 Å². The molecule has 0 fully saturated rings. The second-order valence-corrected chi connectivity index (χ2v) is 1.26. The van der Waals surface area contributed by atoms with Crippen molar-refractivity contribution in [3.63, 3.8) is 0 Å². The number of aliphatic hydroxyl groups is 1. The Morgan fingerprint density at radius 1 is 1.88 bits per heavy atom. The summed E-state index contributed by atoms with van der Waals surface area (Å²) in [6.07, 6.45) is 1.30. The summed E-state index contributed by atoms with van der Waals surface area (Å²) >= 11 is 0. The van der Waals surface area contributed by atoms with E-state index < -0.39 is 12.6 Å². The van der Waals surface area contributed by atoms with Crippen molar-refractivity contribution >= 4 is 5.97 Å². The van der Waals surface area contributed by atoms with E-state index in [1.54, 1.807) is 0 Å². The summed E-state index contributed by atoms with van der Waals surface area (Å²) in [7, 11) is 0. The van der Waals surface area contributed by atoms with Gasteiger partial charge in [0, 0.05) is 0 Å². The van der Waals surface area contributed by atoms with Crippen molar-refractivity contribution < 1.29 is 15.0 Å². The zero-order valence-corrected chi connectivity index (χ0v) is 4.55. The molecule has 3 nitrogen and oxygen atoms in total. The van der Waals surface area contributed by atoms with Crippen LogP contribution in [0.3, 0.4) is 0 Å². The minimum Gasteiger partial charge on any atom is -0.545 e. The second kappa shape index (κ2) is 3.21. The molecule has 0 rings (SSSR count). The quantitative estimate of drug-likeness (QED) is 0.454. The molecule has 0 atom stereocenters. The molecule has 0 spiro atoms. The van der Waals surface area contributed by atoms with Crippen molar-refractivity contribution in [3.05, 3.63) is 11.6 Å². The Balaban J connectivity index is 3.92. The molecule has 0 saturated carbocycles. The van der Waals surface area contributed by atoms with Crippen molar-refractivity contribution in [1.82, 2.24) is 0 Å². The minimum atomic E-state index is -1.31. The summed E-state index contributed by atoms with van der Waals surface area (Å²) in [4.78, 5) is 9.82. The molecular formula is C5H7O3-. The van der Waals surface area contributed by atoms with Gasteiger partial charge in [0.1, 0.15) is 0 Å². The van der Waals surface area contributed by atoms with Crippen LogP contribution in [0.25, 0.3) is 0 Å². The summed E-state index contributed by atoms with van der Waals surface area (Å²) < 4.78 is 0. The van der Waals surface area contributed by atoms with Crippen LogP contribution in [0.15, 0.2) is 11.6 Å². The number of carbonyl (C=O) groups is 1. The second-order valence-electron chi connectivity index (χ2n) is 1.26. The summed E-state index contributed by atoms with van der Waals surface area (Å²) in [6.45, 7) is 1.07. The molecule has 0 unspecified atom stereocenters. The number of aliphatic carboxylic acids is 1. The van der Waals surface area contributed by atoms with E-state index in [9.17, 15) is 9.90 Å². The van der Waals surface area contributed by atoms with Crippen LogP contribution in [0.2, 0.25) is 0 Å². The van der Waals surface area contributed by atoms with Crippen molar-refractivity contribution in [2.24, 2.45) is 0 Å². The highest BCUT2D eigenvalue weighted by Gasteiger charge is 1.89. The Hall–Kier alpha value is -0.830. The lowest BCUT2D eigenvalue weighted by Gasteiger charge is -2.00. The highest BCUT2D eigenvalue weighted by atomic mass is 16.4. The number of carbonyl (C=O) groups excluding carboxylic acids is 1. The number of hydrogen-bond donors (Lipinski definition) is 1. The predicted molar refractivity (Wildman–Crippen MR) is 25.8 cm³/mol. The van der Waals surface area contributed by atoms with Gasteiger partial charge in [-0.15, -0.1) is 0 Å². The molecule has 0 aromatic heterocycles. The molecule has 0 aliphatic carbocycles. The highest BCUT2D eigenvalue weighted by molar-refractivity contribution is 5.84. The monoisotopic (exact) mass is 115 g/mol. The largest absolute Gasteiger partial charge is 0.545 e. The third-order valence-corrected chi connectivity index (χ3v) is 0.781. The average molecular weight is 115 g/mol. The fourth-order valence-electron chi connectivity index (χ4n) is 0.274. The van der Waals surface area contributed by atoms with E-state index in [0.717, 1.165) is 0 Å². The first-order valence-electron chi connectivity index (χ1n) is 2.19. The van der Waals surface area contributed by atoms with Gasteiger partial charge in [-0.05, 0) is 12.5 Å². The van der Waals surface area contributed by atoms with Crippen LogP contribution >= 0.6 is 0 Å². The molecule has 0 bridgehead atoms. The normalized spacial score (nSPS) is 11.5. The molecule has 46 valence electrons. The number of allylic oxidation sites excluding steroid dienone is 1. The first-order chi connectivity index (χ1) is 3.72. The average Bonchev–Trinajstić information content (AvgIpc) is 1.69. The maximum atomic E-state index is 9.82. The zero-order chi connectivity index (χ0) is 6.57. The zero-order valence-electron chi connectivity index (χ0n) is 4.55. The van der Waals surface area contributed by atoms with E-state index in [1.807, 2.05) is 0 Å². The lowest BCUT2D eigenvalue weighted by molar-refractivity contribution is -0.299. The van der Waals surface area contributed by atoms with Gasteiger partial charge in [0.15, 0.2) is 0 Å². The third kappa shape index (κ3) is 1.75. The smallest absolute Gasteiger partial charge is 0.0696 e. The molecule has 1 N–H and O–H groups in total. The van der Waals surface area contributed by atoms with Crippen LogP contribution in [-0.2, 0) is 4.79 Å².